The highest BCUT2D eigenvalue weighted by atomic mass is 32.1. The van der Waals surface area contributed by atoms with Crippen LogP contribution in [0.15, 0.2) is 42.5 Å². The Morgan fingerprint density at radius 2 is 1.56 bits per heavy atom. The molecule has 0 saturated carbocycles. The number of urea groups is 1. The Labute approximate surface area is 161 Å². The van der Waals surface area contributed by atoms with Crippen LogP contribution in [0.2, 0.25) is 0 Å². The van der Waals surface area contributed by atoms with Crippen LogP contribution in [0.4, 0.5) is 4.79 Å². The number of piperazine rings is 1. The number of hydrogen-bond donors (Lipinski definition) is 1. The fourth-order valence-corrected chi connectivity index (χ4v) is 3.80. The van der Waals surface area contributed by atoms with Crippen LogP contribution in [0.1, 0.15) is 24.9 Å². The molecular weight excluding hydrogens is 366 g/mol. The zero-order chi connectivity index (χ0) is 19.4. The second-order valence-electron chi connectivity index (χ2n) is 6.37. The summed E-state index contributed by atoms with van der Waals surface area (Å²) < 4.78 is 0. The van der Waals surface area contributed by atoms with E-state index < -0.39 is 5.97 Å². The number of rotatable bonds is 4. The summed E-state index contributed by atoms with van der Waals surface area (Å²) in [6.07, 6.45) is 0. The van der Waals surface area contributed by atoms with E-state index >= 15 is 0 Å². The number of benzene rings is 1. The maximum Gasteiger partial charge on any atom is 0.345 e. The largest absolute Gasteiger partial charge is 0.477 e. The molecule has 2 heterocycles. The van der Waals surface area contributed by atoms with Crippen LogP contribution in [-0.4, -0.2) is 70.9 Å². The number of carboxylic acids is 1. The first-order valence-electron chi connectivity index (χ1n) is 8.62. The van der Waals surface area contributed by atoms with Crippen LogP contribution in [0.5, 0.6) is 0 Å². The second kappa shape index (κ2) is 8.22. The highest BCUT2D eigenvalue weighted by Gasteiger charge is 2.27. The Kier molecular flexibility index (Phi) is 5.75. The van der Waals surface area contributed by atoms with Crippen LogP contribution in [0.25, 0.3) is 0 Å². The van der Waals surface area contributed by atoms with Gasteiger partial charge in [-0.2, -0.15) is 0 Å². The normalized spacial score (nSPS) is 14.1. The summed E-state index contributed by atoms with van der Waals surface area (Å²) in [6, 6.07) is 12.7. The predicted molar refractivity (Wildman–Crippen MR) is 102 cm³/mol. The summed E-state index contributed by atoms with van der Waals surface area (Å²) in [4.78, 5) is 41.7. The van der Waals surface area contributed by atoms with Gasteiger partial charge in [0.25, 0.3) is 5.91 Å². The Morgan fingerprint density at radius 3 is 2.15 bits per heavy atom. The van der Waals surface area contributed by atoms with E-state index in [0.717, 1.165) is 16.9 Å². The SMILES string of the molecule is CN(Cc1ccccc1)C(=O)N1CCN(C(=O)c2ccc(C(=O)O)s2)CC1. The van der Waals surface area contributed by atoms with Crippen LogP contribution in [-0.2, 0) is 6.54 Å². The van der Waals surface area contributed by atoms with E-state index in [9.17, 15) is 14.4 Å². The van der Waals surface area contributed by atoms with Crippen molar-refractivity contribution in [1.82, 2.24) is 14.7 Å². The van der Waals surface area contributed by atoms with Crippen molar-refractivity contribution in [1.29, 1.82) is 0 Å². The van der Waals surface area contributed by atoms with Crippen molar-refractivity contribution in [2.75, 3.05) is 33.2 Å². The molecule has 0 bridgehead atoms. The first-order valence-corrected chi connectivity index (χ1v) is 9.43. The van der Waals surface area contributed by atoms with E-state index in [0.29, 0.717) is 37.6 Å². The van der Waals surface area contributed by atoms with E-state index in [1.807, 2.05) is 30.3 Å². The van der Waals surface area contributed by atoms with Crippen molar-refractivity contribution in [3.8, 4) is 0 Å². The zero-order valence-electron chi connectivity index (χ0n) is 15.0. The van der Waals surface area contributed by atoms with E-state index in [-0.39, 0.29) is 16.8 Å². The standard InChI is InChI=1S/C19H21N3O4S/c1-20(13-14-5-3-2-4-6-14)19(26)22-11-9-21(10-12-22)17(23)15-7-8-16(27-15)18(24)25/h2-8H,9-13H2,1H3,(H,24,25). The molecule has 0 spiro atoms. The molecule has 1 aliphatic rings. The minimum absolute atomic E-state index is 0.0600. The number of carbonyl (C=O) groups is 3. The second-order valence-corrected chi connectivity index (χ2v) is 7.46. The van der Waals surface area contributed by atoms with E-state index in [4.69, 9.17) is 5.11 Å². The molecule has 27 heavy (non-hydrogen) atoms. The molecule has 1 fully saturated rings. The summed E-state index contributed by atoms with van der Waals surface area (Å²) in [6.45, 7) is 2.32. The number of aromatic carboxylic acids is 1. The Bertz CT molecular complexity index is 828. The molecule has 1 aromatic heterocycles. The highest BCUT2D eigenvalue weighted by molar-refractivity contribution is 7.15. The van der Waals surface area contributed by atoms with Crippen LogP contribution in [0.3, 0.4) is 0 Å². The maximum absolute atomic E-state index is 12.6. The Balaban J connectivity index is 1.53. The van der Waals surface area contributed by atoms with Crippen molar-refractivity contribution in [2.24, 2.45) is 0 Å². The molecule has 0 atom stereocenters. The van der Waals surface area contributed by atoms with Gasteiger partial charge in [0.15, 0.2) is 0 Å². The van der Waals surface area contributed by atoms with E-state index in [2.05, 4.69) is 0 Å². The molecular formula is C19H21N3O4S. The fraction of sp³-hybridized carbons (Fsp3) is 0.316. The minimum atomic E-state index is -1.03. The van der Waals surface area contributed by atoms with E-state index in [1.54, 1.807) is 27.8 Å². The monoisotopic (exact) mass is 387 g/mol. The summed E-state index contributed by atoms with van der Waals surface area (Å²) in [5.74, 6) is -1.21. The number of hydrogen-bond acceptors (Lipinski definition) is 4. The minimum Gasteiger partial charge on any atom is -0.477 e. The Morgan fingerprint density at radius 1 is 0.963 bits per heavy atom. The molecule has 1 N–H and O–H groups in total. The first kappa shape index (κ1) is 18.9. The van der Waals surface area contributed by atoms with Gasteiger partial charge in [-0.3, -0.25) is 4.79 Å². The van der Waals surface area contributed by atoms with Gasteiger partial charge in [-0.25, -0.2) is 9.59 Å². The van der Waals surface area contributed by atoms with Crippen molar-refractivity contribution in [3.05, 3.63) is 57.8 Å². The van der Waals surface area contributed by atoms with Gasteiger partial charge in [0, 0.05) is 39.8 Å². The summed E-state index contributed by atoms with van der Waals surface area (Å²) in [7, 11) is 1.77. The number of carbonyl (C=O) groups excluding carboxylic acids is 2. The van der Waals surface area contributed by atoms with Gasteiger partial charge in [0.1, 0.15) is 4.88 Å². The van der Waals surface area contributed by atoms with Crippen LogP contribution < -0.4 is 0 Å². The molecule has 1 aliphatic heterocycles. The lowest BCUT2D eigenvalue weighted by atomic mass is 10.2. The topological polar surface area (TPSA) is 81.2 Å². The van der Waals surface area contributed by atoms with Crippen LogP contribution >= 0.6 is 11.3 Å². The maximum atomic E-state index is 12.6. The van der Waals surface area contributed by atoms with Gasteiger partial charge in [-0.15, -0.1) is 11.3 Å². The third-order valence-electron chi connectivity index (χ3n) is 4.45. The van der Waals surface area contributed by atoms with Gasteiger partial charge in [0.05, 0.1) is 4.88 Å². The van der Waals surface area contributed by atoms with E-state index in [1.165, 1.54) is 6.07 Å². The van der Waals surface area contributed by atoms with Gasteiger partial charge >= 0.3 is 12.0 Å². The average molecular weight is 387 g/mol. The van der Waals surface area contributed by atoms with Crippen molar-refractivity contribution in [2.45, 2.75) is 6.54 Å². The smallest absolute Gasteiger partial charge is 0.345 e. The first-order chi connectivity index (χ1) is 13.0. The zero-order valence-corrected chi connectivity index (χ0v) is 15.8. The van der Waals surface area contributed by atoms with Gasteiger partial charge < -0.3 is 19.8 Å². The van der Waals surface area contributed by atoms with Crippen molar-refractivity contribution >= 4 is 29.2 Å². The van der Waals surface area contributed by atoms with Crippen molar-refractivity contribution in [3.63, 3.8) is 0 Å². The van der Waals surface area contributed by atoms with Crippen molar-refractivity contribution < 1.29 is 19.5 Å². The molecule has 2 aromatic rings. The summed E-state index contributed by atoms with van der Waals surface area (Å²) in [5, 5.41) is 8.98. The molecule has 0 radical (unpaired) electrons. The molecule has 0 aliphatic carbocycles. The van der Waals surface area contributed by atoms with Gasteiger partial charge in [-0.05, 0) is 17.7 Å². The molecule has 1 aromatic carbocycles. The molecule has 1 saturated heterocycles. The lowest BCUT2D eigenvalue weighted by Gasteiger charge is -2.36. The lowest BCUT2D eigenvalue weighted by Crippen LogP contribution is -2.53. The fourth-order valence-electron chi connectivity index (χ4n) is 2.99. The van der Waals surface area contributed by atoms with Gasteiger partial charge in [-0.1, -0.05) is 30.3 Å². The van der Waals surface area contributed by atoms with Crippen LogP contribution in [0, 0.1) is 0 Å². The highest BCUT2D eigenvalue weighted by Crippen LogP contribution is 2.19. The molecule has 7 nitrogen and oxygen atoms in total. The molecule has 3 rings (SSSR count). The quantitative estimate of drug-likeness (QED) is 0.874. The molecule has 0 unspecified atom stereocenters. The molecule has 8 heteroatoms. The summed E-state index contributed by atoms with van der Waals surface area (Å²) in [5.41, 5.74) is 1.06. The third kappa shape index (κ3) is 4.46. The Hall–Kier alpha value is -2.87. The number of amides is 3. The third-order valence-corrected chi connectivity index (χ3v) is 5.52. The lowest BCUT2D eigenvalue weighted by molar-refractivity contribution is 0.0648. The number of nitrogens with zero attached hydrogens (tertiary/aromatic N) is 3. The average Bonchev–Trinajstić information content (AvgIpc) is 3.18. The van der Waals surface area contributed by atoms with Gasteiger partial charge in [0.2, 0.25) is 0 Å². The number of carboxylic acid groups (broad SMARTS) is 1. The summed E-state index contributed by atoms with van der Waals surface area (Å²) >= 11 is 0.976. The number of thiophene rings is 1. The molecule has 3 amide bonds. The predicted octanol–water partition coefficient (Wildman–Crippen LogP) is 2.46. The molecule has 142 valence electrons.